The van der Waals surface area contributed by atoms with E-state index < -0.39 is 18.1 Å². The molecule has 1 aromatic rings. The zero-order chi connectivity index (χ0) is 15.1. The van der Waals surface area contributed by atoms with Crippen LogP contribution < -0.4 is 0 Å². The van der Waals surface area contributed by atoms with Gasteiger partial charge < -0.3 is 9.84 Å². The van der Waals surface area contributed by atoms with Gasteiger partial charge in [-0.1, -0.05) is 23.7 Å². The van der Waals surface area contributed by atoms with Crippen LogP contribution in [0.25, 0.3) is 0 Å². The summed E-state index contributed by atoms with van der Waals surface area (Å²) in [5.41, 5.74) is 0.796. The van der Waals surface area contributed by atoms with Crippen molar-refractivity contribution >= 4 is 23.7 Å². The maximum absolute atomic E-state index is 11.8. The molecule has 0 spiro atoms. The number of hydrogen-bond donors (Lipinski definition) is 1. The second kappa shape index (κ2) is 7.75. The fourth-order valence-electron chi connectivity index (χ4n) is 1.86. The van der Waals surface area contributed by atoms with Gasteiger partial charge in [-0.25, -0.2) is 9.59 Å². The second-order valence-electron chi connectivity index (χ2n) is 4.17. The number of hydrogen-bond acceptors (Lipinski definition) is 3. The minimum atomic E-state index is -1.06. The SMILES string of the molecule is CCOC(=O)N(CC)C(Cc1ccc(Cl)cc1)C(=O)O. The first kappa shape index (κ1) is 16.3. The number of likely N-dealkylation sites (N-methyl/N-ethyl adjacent to an activating group) is 1. The lowest BCUT2D eigenvalue weighted by molar-refractivity contribution is -0.142. The molecule has 0 aliphatic rings. The van der Waals surface area contributed by atoms with Gasteiger partial charge >= 0.3 is 12.1 Å². The fraction of sp³-hybridized carbons (Fsp3) is 0.429. The molecule has 1 rings (SSSR count). The van der Waals surface area contributed by atoms with E-state index in [2.05, 4.69) is 0 Å². The highest BCUT2D eigenvalue weighted by Crippen LogP contribution is 2.14. The zero-order valence-electron chi connectivity index (χ0n) is 11.5. The molecule has 5 nitrogen and oxygen atoms in total. The number of carboxylic acids is 1. The first-order chi connectivity index (χ1) is 9.49. The Balaban J connectivity index is 2.89. The van der Waals surface area contributed by atoms with Crippen LogP contribution in [0.5, 0.6) is 0 Å². The largest absolute Gasteiger partial charge is 0.480 e. The number of carbonyl (C=O) groups is 2. The van der Waals surface area contributed by atoms with Crippen molar-refractivity contribution in [3.8, 4) is 0 Å². The summed E-state index contributed by atoms with van der Waals surface area (Å²) in [5.74, 6) is -1.06. The van der Waals surface area contributed by atoms with Crippen LogP contribution in [0.4, 0.5) is 4.79 Å². The minimum absolute atomic E-state index is 0.207. The van der Waals surface area contributed by atoms with E-state index in [-0.39, 0.29) is 19.6 Å². The number of carbonyl (C=O) groups excluding carboxylic acids is 1. The van der Waals surface area contributed by atoms with Crippen molar-refractivity contribution in [3.05, 3.63) is 34.9 Å². The zero-order valence-corrected chi connectivity index (χ0v) is 12.3. The van der Waals surface area contributed by atoms with E-state index in [1.807, 2.05) is 0 Å². The molecule has 1 N–H and O–H groups in total. The van der Waals surface area contributed by atoms with Gasteiger partial charge in [-0.05, 0) is 31.5 Å². The molecule has 0 aliphatic carbocycles. The highest BCUT2D eigenvalue weighted by atomic mass is 35.5. The molecule has 0 saturated carbocycles. The van der Waals surface area contributed by atoms with Gasteiger partial charge in [0.25, 0.3) is 0 Å². The molecule has 6 heteroatoms. The van der Waals surface area contributed by atoms with Crippen LogP contribution in [0.2, 0.25) is 5.02 Å². The third-order valence-electron chi connectivity index (χ3n) is 2.85. The Morgan fingerprint density at radius 3 is 2.35 bits per heavy atom. The number of carboxylic acid groups (broad SMARTS) is 1. The molecule has 1 atom stereocenters. The third-order valence-corrected chi connectivity index (χ3v) is 3.10. The molecule has 0 fully saturated rings. The standard InChI is InChI=1S/C14H18ClNO4/c1-3-16(14(19)20-4-2)12(13(17)18)9-10-5-7-11(15)8-6-10/h5-8,12H,3-4,9H2,1-2H3,(H,17,18). The normalized spacial score (nSPS) is 11.8. The van der Waals surface area contributed by atoms with Crippen LogP contribution in [-0.4, -0.2) is 41.3 Å². The van der Waals surface area contributed by atoms with Crippen molar-refractivity contribution in [1.82, 2.24) is 4.90 Å². The monoisotopic (exact) mass is 299 g/mol. The molecule has 0 radical (unpaired) electrons. The number of benzene rings is 1. The van der Waals surface area contributed by atoms with E-state index in [0.29, 0.717) is 5.02 Å². The average Bonchev–Trinajstić information content (AvgIpc) is 2.41. The van der Waals surface area contributed by atoms with E-state index in [0.717, 1.165) is 5.56 Å². The van der Waals surface area contributed by atoms with Crippen molar-refractivity contribution in [2.24, 2.45) is 0 Å². The van der Waals surface area contributed by atoms with Crippen LogP contribution in [0.3, 0.4) is 0 Å². The predicted octanol–water partition coefficient (Wildman–Crippen LogP) is 2.81. The quantitative estimate of drug-likeness (QED) is 0.877. The number of rotatable bonds is 6. The van der Waals surface area contributed by atoms with Crippen LogP contribution in [-0.2, 0) is 16.0 Å². The highest BCUT2D eigenvalue weighted by Gasteiger charge is 2.29. The highest BCUT2D eigenvalue weighted by molar-refractivity contribution is 6.30. The van der Waals surface area contributed by atoms with Gasteiger partial charge in [-0.3, -0.25) is 4.90 Å². The lowest BCUT2D eigenvalue weighted by Gasteiger charge is -2.26. The fourth-order valence-corrected chi connectivity index (χ4v) is 1.98. The minimum Gasteiger partial charge on any atom is -0.480 e. The summed E-state index contributed by atoms with van der Waals surface area (Å²) in [6.45, 7) is 3.88. The average molecular weight is 300 g/mol. The van der Waals surface area contributed by atoms with Gasteiger partial charge in [0.15, 0.2) is 0 Å². The number of nitrogens with zero attached hydrogens (tertiary/aromatic N) is 1. The summed E-state index contributed by atoms with van der Waals surface area (Å²) in [4.78, 5) is 24.4. The van der Waals surface area contributed by atoms with Crippen LogP contribution in [0, 0.1) is 0 Å². The molecule has 0 aliphatic heterocycles. The van der Waals surface area contributed by atoms with Crippen molar-refractivity contribution in [2.45, 2.75) is 26.3 Å². The first-order valence-electron chi connectivity index (χ1n) is 6.40. The number of ether oxygens (including phenoxy) is 1. The van der Waals surface area contributed by atoms with Crippen LogP contribution in [0.15, 0.2) is 24.3 Å². The third kappa shape index (κ3) is 4.42. The second-order valence-corrected chi connectivity index (χ2v) is 4.61. The summed E-state index contributed by atoms with van der Waals surface area (Å²) < 4.78 is 4.89. The van der Waals surface area contributed by atoms with Gasteiger partial charge in [-0.15, -0.1) is 0 Å². The van der Waals surface area contributed by atoms with Crippen molar-refractivity contribution < 1.29 is 19.4 Å². The van der Waals surface area contributed by atoms with Crippen molar-refractivity contribution in [3.63, 3.8) is 0 Å². The van der Waals surface area contributed by atoms with Gasteiger partial charge in [0.2, 0.25) is 0 Å². The maximum atomic E-state index is 11.8. The maximum Gasteiger partial charge on any atom is 0.410 e. The molecule has 1 amide bonds. The smallest absolute Gasteiger partial charge is 0.410 e. The molecule has 0 aromatic heterocycles. The summed E-state index contributed by atoms with van der Waals surface area (Å²) in [6.07, 6.45) is -0.407. The molecule has 1 unspecified atom stereocenters. The molecule has 0 saturated heterocycles. The lowest BCUT2D eigenvalue weighted by atomic mass is 10.0. The number of aliphatic carboxylic acids is 1. The topological polar surface area (TPSA) is 66.8 Å². The van der Waals surface area contributed by atoms with E-state index in [1.54, 1.807) is 38.1 Å². The van der Waals surface area contributed by atoms with Crippen LogP contribution in [0.1, 0.15) is 19.4 Å². The van der Waals surface area contributed by atoms with E-state index in [9.17, 15) is 14.7 Å². The Bertz CT molecular complexity index is 461. The first-order valence-corrected chi connectivity index (χ1v) is 6.78. The number of amides is 1. The summed E-state index contributed by atoms with van der Waals surface area (Å²) in [7, 11) is 0. The van der Waals surface area contributed by atoms with E-state index >= 15 is 0 Å². The lowest BCUT2D eigenvalue weighted by Crippen LogP contribution is -2.46. The molecular weight excluding hydrogens is 282 g/mol. The Morgan fingerprint density at radius 1 is 1.30 bits per heavy atom. The van der Waals surface area contributed by atoms with Crippen LogP contribution >= 0.6 is 11.6 Å². The van der Waals surface area contributed by atoms with Gasteiger partial charge in [-0.2, -0.15) is 0 Å². The summed E-state index contributed by atoms with van der Waals surface area (Å²) >= 11 is 5.79. The van der Waals surface area contributed by atoms with Gasteiger partial charge in [0.1, 0.15) is 6.04 Å². The Kier molecular flexibility index (Phi) is 6.31. The van der Waals surface area contributed by atoms with Crippen molar-refractivity contribution in [1.29, 1.82) is 0 Å². The molecule has 20 heavy (non-hydrogen) atoms. The molecule has 110 valence electrons. The Hall–Kier alpha value is -1.75. The molecule has 0 heterocycles. The molecular formula is C14H18ClNO4. The summed E-state index contributed by atoms with van der Waals surface area (Å²) in [5, 5.41) is 9.91. The molecule has 1 aromatic carbocycles. The van der Waals surface area contributed by atoms with E-state index in [4.69, 9.17) is 16.3 Å². The Morgan fingerprint density at radius 2 is 1.90 bits per heavy atom. The van der Waals surface area contributed by atoms with Gasteiger partial charge in [0.05, 0.1) is 6.61 Å². The van der Waals surface area contributed by atoms with Gasteiger partial charge in [0, 0.05) is 18.0 Å². The summed E-state index contributed by atoms with van der Waals surface area (Å²) in [6, 6.07) is 5.92. The Labute approximate surface area is 123 Å². The van der Waals surface area contributed by atoms with E-state index in [1.165, 1.54) is 4.90 Å². The predicted molar refractivity (Wildman–Crippen MR) is 76.0 cm³/mol. The molecule has 0 bridgehead atoms. The van der Waals surface area contributed by atoms with Crippen molar-refractivity contribution in [2.75, 3.05) is 13.2 Å². The number of halogens is 1.